The first kappa shape index (κ1) is 15.3. The van der Waals surface area contributed by atoms with Crippen LogP contribution in [0.15, 0.2) is 46.2 Å². The number of hydrogen-bond acceptors (Lipinski definition) is 5. The molecule has 2 heterocycles. The zero-order valence-corrected chi connectivity index (χ0v) is 13.3. The average Bonchev–Trinajstić information content (AvgIpc) is 3.15. The Hall–Kier alpha value is -2.63. The molecule has 1 aliphatic heterocycles. The summed E-state index contributed by atoms with van der Waals surface area (Å²) >= 11 is 0. The molecule has 0 bridgehead atoms. The molecule has 0 unspecified atom stereocenters. The van der Waals surface area contributed by atoms with Crippen LogP contribution in [-0.4, -0.2) is 27.8 Å². The number of nitrogens with one attached hydrogen (secondary N) is 1. The van der Waals surface area contributed by atoms with Gasteiger partial charge in [-0.15, -0.1) is 0 Å². The van der Waals surface area contributed by atoms with Crippen molar-refractivity contribution in [2.45, 2.75) is 39.3 Å². The number of amidine groups is 1. The van der Waals surface area contributed by atoms with Crippen molar-refractivity contribution in [3.8, 4) is 0 Å². The quantitative estimate of drug-likeness (QED) is 0.942. The van der Waals surface area contributed by atoms with Crippen LogP contribution in [-0.2, 0) is 13.0 Å². The summed E-state index contributed by atoms with van der Waals surface area (Å²) in [5.41, 5.74) is 1.86. The third-order valence-corrected chi connectivity index (χ3v) is 3.87. The van der Waals surface area contributed by atoms with Gasteiger partial charge in [0.05, 0.1) is 18.3 Å². The summed E-state index contributed by atoms with van der Waals surface area (Å²) in [6.07, 6.45) is 2.66. The molecule has 0 radical (unpaired) electrons. The molecule has 1 aromatic carbocycles. The monoisotopic (exact) mass is 312 g/mol. The number of rotatable bonds is 4. The number of carbonyl (C=O) groups excluding carboxylic acids is 1. The minimum atomic E-state index is -0.285. The van der Waals surface area contributed by atoms with Crippen LogP contribution < -0.4 is 5.32 Å². The molecule has 0 saturated heterocycles. The van der Waals surface area contributed by atoms with Gasteiger partial charge in [-0.25, -0.2) is 4.98 Å². The highest BCUT2D eigenvalue weighted by atomic mass is 16.3. The maximum absolute atomic E-state index is 12.3. The van der Waals surface area contributed by atoms with Crippen LogP contribution in [0, 0.1) is 0 Å². The molecule has 1 N–H and O–H groups in total. The summed E-state index contributed by atoms with van der Waals surface area (Å²) in [4.78, 5) is 16.3. The van der Waals surface area contributed by atoms with Crippen LogP contribution in [0.2, 0.25) is 0 Å². The summed E-state index contributed by atoms with van der Waals surface area (Å²) in [6.45, 7) is 4.76. The fourth-order valence-corrected chi connectivity index (χ4v) is 2.61. The van der Waals surface area contributed by atoms with E-state index in [0.29, 0.717) is 24.4 Å². The van der Waals surface area contributed by atoms with Gasteiger partial charge in [0.15, 0.2) is 6.39 Å². The van der Waals surface area contributed by atoms with Gasteiger partial charge in [-0.3, -0.25) is 9.80 Å². The van der Waals surface area contributed by atoms with E-state index < -0.39 is 0 Å². The number of carbonyl (C=O) groups is 1. The van der Waals surface area contributed by atoms with Crippen LogP contribution in [0.5, 0.6) is 0 Å². The first-order valence-corrected chi connectivity index (χ1v) is 7.79. The van der Waals surface area contributed by atoms with E-state index in [4.69, 9.17) is 4.42 Å². The molecule has 3 rings (SSSR count). The second-order valence-electron chi connectivity index (χ2n) is 5.62. The summed E-state index contributed by atoms with van der Waals surface area (Å²) in [5.74, 6) is 0.646. The Balaban J connectivity index is 1.67. The normalized spacial score (nSPS) is 17.2. The summed E-state index contributed by atoms with van der Waals surface area (Å²) in [7, 11) is 0. The highest BCUT2D eigenvalue weighted by Crippen LogP contribution is 2.18. The fraction of sp³-hybridized carbons (Fsp3) is 0.353. The van der Waals surface area contributed by atoms with Crippen LogP contribution in [0.1, 0.15) is 42.1 Å². The lowest BCUT2D eigenvalue weighted by Gasteiger charge is -2.19. The Labute approximate surface area is 135 Å². The van der Waals surface area contributed by atoms with Crippen molar-refractivity contribution < 1.29 is 9.21 Å². The van der Waals surface area contributed by atoms with Gasteiger partial charge in [-0.05, 0) is 18.9 Å². The van der Waals surface area contributed by atoms with Crippen molar-refractivity contribution in [1.82, 2.24) is 15.3 Å². The third kappa shape index (κ3) is 3.41. The zero-order chi connectivity index (χ0) is 16.2. The van der Waals surface area contributed by atoms with Gasteiger partial charge < -0.3 is 9.73 Å². The first-order chi connectivity index (χ1) is 11.2. The van der Waals surface area contributed by atoms with E-state index in [1.165, 1.54) is 12.0 Å². The maximum Gasteiger partial charge on any atom is 0.294 e. The number of hydrogen-bond donors (Lipinski definition) is 1. The van der Waals surface area contributed by atoms with Gasteiger partial charge in [0.25, 0.3) is 5.91 Å². The Bertz CT molecular complexity index is 708. The molecule has 1 aromatic heterocycles. The lowest BCUT2D eigenvalue weighted by Crippen LogP contribution is -2.30. The Morgan fingerprint density at radius 2 is 2.17 bits per heavy atom. The predicted octanol–water partition coefficient (Wildman–Crippen LogP) is 2.57. The Morgan fingerprint density at radius 1 is 1.39 bits per heavy atom. The van der Waals surface area contributed by atoms with Gasteiger partial charge in [0.2, 0.25) is 5.76 Å². The van der Waals surface area contributed by atoms with E-state index in [2.05, 4.69) is 34.5 Å². The molecular formula is C17H20N4O2. The van der Waals surface area contributed by atoms with Gasteiger partial charge in [0, 0.05) is 6.42 Å². The van der Waals surface area contributed by atoms with Crippen LogP contribution >= 0.6 is 0 Å². The molecule has 23 heavy (non-hydrogen) atoms. The van der Waals surface area contributed by atoms with Crippen molar-refractivity contribution in [2.24, 2.45) is 5.10 Å². The summed E-state index contributed by atoms with van der Waals surface area (Å²) in [5, 5.41) is 9.36. The van der Waals surface area contributed by atoms with Crippen molar-refractivity contribution in [3.05, 3.63) is 53.7 Å². The van der Waals surface area contributed by atoms with E-state index in [1.807, 2.05) is 30.1 Å². The Morgan fingerprint density at radius 3 is 2.91 bits per heavy atom. The van der Waals surface area contributed by atoms with Crippen LogP contribution in [0.25, 0.3) is 0 Å². The summed E-state index contributed by atoms with van der Waals surface area (Å²) < 4.78 is 5.19. The molecule has 2 aromatic rings. The summed E-state index contributed by atoms with van der Waals surface area (Å²) in [6, 6.07) is 10.4. The molecule has 6 nitrogen and oxygen atoms in total. The lowest BCUT2D eigenvalue weighted by molar-refractivity contribution is 0.0948. The number of aromatic nitrogens is 1. The van der Waals surface area contributed by atoms with Crippen LogP contribution in [0.4, 0.5) is 0 Å². The van der Waals surface area contributed by atoms with Crippen molar-refractivity contribution in [1.29, 1.82) is 0 Å². The lowest BCUT2D eigenvalue weighted by atomic mass is 10.2. The molecule has 1 amide bonds. The first-order valence-electron chi connectivity index (χ1n) is 7.79. The second kappa shape index (κ2) is 6.64. The zero-order valence-electron chi connectivity index (χ0n) is 13.3. The van der Waals surface area contributed by atoms with E-state index >= 15 is 0 Å². The Kier molecular flexibility index (Phi) is 4.41. The van der Waals surface area contributed by atoms with Gasteiger partial charge in [-0.2, -0.15) is 5.10 Å². The number of oxazole rings is 1. The van der Waals surface area contributed by atoms with E-state index in [1.54, 1.807) is 0 Å². The highest BCUT2D eigenvalue weighted by Gasteiger charge is 2.25. The van der Waals surface area contributed by atoms with Gasteiger partial charge in [-0.1, -0.05) is 37.3 Å². The largest absolute Gasteiger partial charge is 0.438 e. The molecule has 0 fully saturated rings. The van der Waals surface area contributed by atoms with E-state index in [-0.39, 0.29) is 17.7 Å². The number of benzene rings is 1. The van der Waals surface area contributed by atoms with E-state index in [0.717, 1.165) is 6.54 Å². The minimum absolute atomic E-state index is 0.242. The predicted molar refractivity (Wildman–Crippen MR) is 86.8 cm³/mol. The molecule has 1 aliphatic rings. The second-order valence-corrected chi connectivity index (χ2v) is 5.62. The standard InChI is InChI=1S/C17H20N4O2/c1-3-14-16(23-11-18-14)17(22)19-15-9-12(2)21(20-15)10-13-7-5-4-6-8-13/h4-8,11-12H,3,9-10H2,1-2H3,(H,19,20,22)/t12-/m0/s1. The highest BCUT2D eigenvalue weighted by molar-refractivity contribution is 6.05. The van der Waals surface area contributed by atoms with Gasteiger partial charge in [0.1, 0.15) is 5.84 Å². The molecule has 120 valence electrons. The van der Waals surface area contributed by atoms with E-state index in [9.17, 15) is 4.79 Å². The van der Waals surface area contributed by atoms with Crippen LogP contribution in [0.3, 0.4) is 0 Å². The number of amides is 1. The molecular weight excluding hydrogens is 292 g/mol. The van der Waals surface area contributed by atoms with Crippen molar-refractivity contribution >= 4 is 11.7 Å². The van der Waals surface area contributed by atoms with Gasteiger partial charge >= 0.3 is 0 Å². The number of aryl methyl sites for hydroxylation is 1. The number of hydrazone groups is 1. The maximum atomic E-state index is 12.3. The molecule has 6 heteroatoms. The SMILES string of the molecule is CCc1ncoc1C(=O)NC1=NN(Cc2ccccc2)[C@@H](C)C1. The van der Waals surface area contributed by atoms with Crippen molar-refractivity contribution in [2.75, 3.05) is 0 Å². The molecule has 0 spiro atoms. The molecule has 0 saturated carbocycles. The number of nitrogens with zero attached hydrogens (tertiary/aromatic N) is 3. The smallest absolute Gasteiger partial charge is 0.294 e. The fourth-order valence-electron chi connectivity index (χ4n) is 2.61. The topological polar surface area (TPSA) is 70.7 Å². The molecule has 0 aliphatic carbocycles. The average molecular weight is 312 g/mol. The molecule has 1 atom stereocenters. The van der Waals surface area contributed by atoms with Crippen molar-refractivity contribution in [3.63, 3.8) is 0 Å². The minimum Gasteiger partial charge on any atom is -0.438 e. The third-order valence-electron chi connectivity index (χ3n) is 3.87.